The average molecular weight is 537 g/mol. The van der Waals surface area contributed by atoms with Crippen molar-refractivity contribution in [3.8, 4) is 5.75 Å². The number of carbonyl (C=O) groups excluding carboxylic acids is 1. The van der Waals surface area contributed by atoms with Gasteiger partial charge < -0.3 is 24.6 Å². The third-order valence-electron chi connectivity index (χ3n) is 7.70. The van der Waals surface area contributed by atoms with E-state index in [0.717, 1.165) is 38.5 Å². The number of allylic oxidation sites excluding steroid dienone is 1. The first-order chi connectivity index (χ1) is 17.9. The summed E-state index contributed by atoms with van der Waals surface area (Å²) in [5, 5.41) is 12.6. The molecule has 2 fully saturated rings. The van der Waals surface area contributed by atoms with Gasteiger partial charge in [-0.2, -0.15) is 4.31 Å². The number of nitrogens with zero attached hydrogens (tertiary/aromatic N) is 1. The van der Waals surface area contributed by atoms with E-state index in [4.69, 9.17) is 14.2 Å². The Kier molecular flexibility index (Phi) is 9.86. The van der Waals surface area contributed by atoms with Crippen LogP contribution in [-0.2, 0) is 24.3 Å². The Bertz CT molecular complexity index is 1020. The largest absolute Gasteiger partial charge is 0.497 e. The van der Waals surface area contributed by atoms with Crippen LogP contribution in [0.1, 0.15) is 57.8 Å². The highest BCUT2D eigenvalue weighted by Gasteiger charge is 2.34. The summed E-state index contributed by atoms with van der Waals surface area (Å²) in [5.74, 6) is 1.39. The molecular weight excluding hydrogens is 496 g/mol. The third kappa shape index (κ3) is 7.25. The summed E-state index contributed by atoms with van der Waals surface area (Å²) < 4.78 is 44.6. The number of sulfonamides is 1. The van der Waals surface area contributed by atoms with Crippen molar-refractivity contribution in [2.75, 3.05) is 33.4 Å². The summed E-state index contributed by atoms with van der Waals surface area (Å²) >= 11 is 0. The summed E-state index contributed by atoms with van der Waals surface area (Å²) in [6.45, 7) is -0.235. The maximum absolute atomic E-state index is 13.2. The molecule has 10 heteroatoms. The Balaban J connectivity index is 1.39. The van der Waals surface area contributed by atoms with E-state index < -0.39 is 16.3 Å². The summed E-state index contributed by atoms with van der Waals surface area (Å²) in [6, 6.07) is 6.33. The van der Waals surface area contributed by atoms with Crippen LogP contribution in [0.15, 0.2) is 41.0 Å². The van der Waals surface area contributed by atoms with E-state index >= 15 is 0 Å². The van der Waals surface area contributed by atoms with Gasteiger partial charge in [0.15, 0.2) is 5.76 Å². The highest BCUT2D eigenvalue weighted by Crippen LogP contribution is 2.38. The molecule has 0 radical (unpaired) electrons. The highest BCUT2D eigenvalue weighted by atomic mass is 32.2. The average Bonchev–Trinajstić information content (AvgIpc) is 3.63. The Morgan fingerprint density at radius 3 is 2.41 bits per heavy atom. The Labute approximate surface area is 220 Å². The lowest BCUT2D eigenvalue weighted by Gasteiger charge is -2.32. The fourth-order valence-corrected chi connectivity index (χ4v) is 7.05. The molecule has 1 aromatic carbocycles. The number of hydrogen-bond acceptors (Lipinski definition) is 7. The zero-order valence-corrected chi connectivity index (χ0v) is 22.5. The standard InChI is InChI=1S/C27H40N2O7S/c1-34-23-10-12-24(13-11-23)37(32,33)29(14-16-30)15-17-35-26-19-21(20-6-2-3-7-20)18-25(36-26)27(31)28-22-8-4-5-9-22/h10-13,18,20-22,26,30H,2-9,14-17,19H2,1H3,(H,28,31)/t21-,26+/m1/s1. The normalized spacial score (nSPS) is 23.2. The van der Waals surface area contributed by atoms with Gasteiger partial charge in [-0.25, -0.2) is 8.42 Å². The van der Waals surface area contributed by atoms with Crippen molar-refractivity contribution >= 4 is 15.9 Å². The molecule has 0 spiro atoms. The molecule has 2 saturated carbocycles. The lowest BCUT2D eigenvalue weighted by atomic mass is 9.86. The fourth-order valence-electron chi connectivity index (χ4n) is 5.63. The molecular formula is C27H40N2O7S. The molecule has 206 valence electrons. The van der Waals surface area contributed by atoms with Crippen LogP contribution in [0, 0.1) is 11.8 Å². The van der Waals surface area contributed by atoms with Crippen molar-refractivity contribution in [3.05, 3.63) is 36.1 Å². The minimum Gasteiger partial charge on any atom is -0.497 e. The van der Waals surface area contributed by atoms with Gasteiger partial charge in [0.25, 0.3) is 5.91 Å². The molecule has 1 heterocycles. The van der Waals surface area contributed by atoms with Crippen LogP contribution in [0.5, 0.6) is 5.75 Å². The smallest absolute Gasteiger partial charge is 0.286 e. The Morgan fingerprint density at radius 2 is 1.76 bits per heavy atom. The van der Waals surface area contributed by atoms with Gasteiger partial charge in [-0.15, -0.1) is 0 Å². The van der Waals surface area contributed by atoms with Crippen LogP contribution in [0.3, 0.4) is 0 Å². The molecule has 1 aliphatic heterocycles. The van der Waals surface area contributed by atoms with Gasteiger partial charge in [0.2, 0.25) is 16.3 Å². The summed E-state index contributed by atoms with van der Waals surface area (Å²) in [5.41, 5.74) is 0. The number of amides is 1. The van der Waals surface area contributed by atoms with E-state index in [9.17, 15) is 18.3 Å². The second-order valence-corrected chi connectivity index (χ2v) is 12.1. The predicted molar refractivity (Wildman–Crippen MR) is 138 cm³/mol. The number of aliphatic hydroxyl groups excluding tert-OH is 1. The number of carbonyl (C=O) groups is 1. The molecule has 4 rings (SSSR count). The number of methoxy groups -OCH3 is 1. The van der Waals surface area contributed by atoms with Gasteiger partial charge in [-0.1, -0.05) is 25.7 Å². The van der Waals surface area contributed by atoms with Gasteiger partial charge in [-0.3, -0.25) is 4.79 Å². The van der Waals surface area contributed by atoms with E-state index in [-0.39, 0.29) is 49.1 Å². The van der Waals surface area contributed by atoms with Gasteiger partial charge >= 0.3 is 0 Å². The van der Waals surface area contributed by atoms with Crippen LogP contribution < -0.4 is 10.1 Å². The van der Waals surface area contributed by atoms with Crippen LogP contribution in [-0.4, -0.2) is 69.5 Å². The lowest BCUT2D eigenvalue weighted by Crippen LogP contribution is -2.40. The third-order valence-corrected chi connectivity index (χ3v) is 9.61. The molecule has 0 bridgehead atoms. The number of nitrogens with one attached hydrogen (secondary N) is 1. The predicted octanol–water partition coefficient (Wildman–Crippen LogP) is 3.19. The monoisotopic (exact) mass is 536 g/mol. The fraction of sp³-hybridized carbons (Fsp3) is 0.667. The number of aliphatic hydroxyl groups is 1. The van der Waals surface area contributed by atoms with E-state index in [2.05, 4.69) is 5.32 Å². The molecule has 2 atom stereocenters. The maximum atomic E-state index is 13.2. The van der Waals surface area contributed by atoms with E-state index in [1.54, 1.807) is 12.1 Å². The number of hydrogen-bond donors (Lipinski definition) is 2. The molecule has 0 aromatic heterocycles. The molecule has 1 amide bonds. The zero-order valence-electron chi connectivity index (χ0n) is 21.6. The number of benzene rings is 1. The Hall–Kier alpha value is -2.14. The molecule has 0 unspecified atom stereocenters. The first-order valence-electron chi connectivity index (χ1n) is 13.5. The minimum absolute atomic E-state index is 0.0518. The number of ether oxygens (including phenoxy) is 3. The summed E-state index contributed by atoms with van der Waals surface area (Å²) in [6.07, 6.45) is 10.9. The van der Waals surface area contributed by atoms with Crippen molar-refractivity contribution in [1.82, 2.24) is 9.62 Å². The number of rotatable bonds is 12. The molecule has 3 aliphatic rings. The summed E-state index contributed by atoms with van der Waals surface area (Å²) in [4.78, 5) is 13.1. The molecule has 0 saturated heterocycles. The van der Waals surface area contributed by atoms with Gasteiger partial charge in [0.05, 0.1) is 25.2 Å². The molecule has 2 aliphatic carbocycles. The van der Waals surface area contributed by atoms with Crippen molar-refractivity contribution in [1.29, 1.82) is 0 Å². The van der Waals surface area contributed by atoms with E-state index in [1.807, 2.05) is 6.08 Å². The zero-order chi connectivity index (χ0) is 26.3. The van der Waals surface area contributed by atoms with Gasteiger partial charge in [0, 0.05) is 25.6 Å². The second kappa shape index (κ2) is 13.1. The SMILES string of the molecule is COc1ccc(S(=O)(=O)N(CCO)CCO[C@@H]2C[C@H](C3CCCC3)C=C(C(=O)NC3CCCC3)O2)cc1. The maximum Gasteiger partial charge on any atom is 0.286 e. The van der Waals surface area contributed by atoms with Crippen molar-refractivity contribution in [2.24, 2.45) is 11.8 Å². The van der Waals surface area contributed by atoms with Crippen molar-refractivity contribution in [3.63, 3.8) is 0 Å². The molecule has 37 heavy (non-hydrogen) atoms. The second-order valence-electron chi connectivity index (χ2n) is 10.2. The quantitative estimate of drug-likeness (QED) is 0.422. The first-order valence-corrected chi connectivity index (χ1v) is 14.9. The topological polar surface area (TPSA) is 114 Å². The molecule has 2 N–H and O–H groups in total. The van der Waals surface area contributed by atoms with E-state index in [0.29, 0.717) is 23.8 Å². The van der Waals surface area contributed by atoms with Gasteiger partial charge in [-0.05, 0) is 67.9 Å². The van der Waals surface area contributed by atoms with Crippen LogP contribution >= 0.6 is 0 Å². The van der Waals surface area contributed by atoms with Crippen LogP contribution in [0.25, 0.3) is 0 Å². The molecule has 9 nitrogen and oxygen atoms in total. The van der Waals surface area contributed by atoms with E-state index in [1.165, 1.54) is 36.4 Å². The van der Waals surface area contributed by atoms with Crippen LogP contribution in [0.4, 0.5) is 0 Å². The highest BCUT2D eigenvalue weighted by molar-refractivity contribution is 7.89. The first kappa shape index (κ1) is 27.9. The van der Waals surface area contributed by atoms with Crippen LogP contribution in [0.2, 0.25) is 0 Å². The lowest BCUT2D eigenvalue weighted by molar-refractivity contribution is -0.151. The van der Waals surface area contributed by atoms with Gasteiger partial charge in [0.1, 0.15) is 5.75 Å². The van der Waals surface area contributed by atoms with Crippen molar-refractivity contribution < 1.29 is 32.5 Å². The molecule has 1 aromatic rings. The minimum atomic E-state index is -3.83. The Morgan fingerprint density at radius 1 is 1.08 bits per heavy atom. The van der Waals surface area contributed by atoms with Crippen molar-refractivity contribution in [2.45, 2.75) is 75.0 Å². The summed E-state index contributed by atoms with van der Waals surface area (Å²) in [7, 11) is -2.31.